The summed E-state index contributed by atoms with van der Waals surface area (Å²) in [6, 6.07) is 0. The highest BCUT2D eigenvalue weighted by atomic mass is 15.3. The number of aryl methyl sites for hydroxylation is 1. The molecule has 0 aliphatic carbocycles. The van der Waals surface area contributed by atoms with Gasteiger partial charge >= 0.3 is 0 Å². The fourth-order valence-corrected chi connectivity index (χ4v) is 3.24. The molecule has 3 nitrogen and oxygen atoms in total. The van der Waals surface area contributed by atoms with Gasteiger partial charge in [0.25, 0.3) is 0 Å². The maximum absolute atomic E-state index is 4.73. The fourth-order valence-electron chi connectivity index (χ4n) is 3.24. The first-order valence-corrected chi connectivity index (χ1v) is 7.16. The summed E-state index contributed by atoms with van der Waals surface area (Å²) in [5.41, 5.74) is 4.16. The Morgan fingerprint density at radius 2 is 1.67 bits per heavy atom. The Morgan fingerprint density at radius 1 is 1.06 bits per heavy atom. The molecule has 0 N–H and O–H groups in total. The lowest BCUT2D eigenvalue weighted by molar-refractivity contribution is 0.314. The molecule has 0 amide bonds. The first-order valence-electron chi connectivity index (χ1n) is 7.16. The van der Waals surface area contributed by atoms with E-state index in [-0.39, 0.29) is 5.41 Å². The highest BCUT2D eigenvalue weighted by molar-refractivity contribution is 5.31. The van der Waals surface area contributed by atoms with Crippen molar-refractivity contribution >= 4 is 0 Å². The van der Waals surface area contributed by atoms with Gasteiger partial charge in [0.05, 0.1) is 12.2 Å². The molecule has 0 saturated carbocycles. The molecule has 1 fully saturated rings. The topological polar surface area (TPSA) is 21.1 Å². The second-order valence-corrected chi connectivity index (χ2v) is 6.57. The van der Waals surface area contributed by atoms with Crippen LogP contribution in [0.1, 0.15) is 50.6 Å². The van der Waals surface area contributed by atoms with Crippen molar-refractivity contribution in [3.8, 4) is 0 Å². The molecule has 1 aliphatic rings. The molecule has 0 radical (unpaired) electrons. The van der Waals surface area contributed by atoms with Crippen molar-refractivity contribution < 1.29 is 0 Å². The number of rotatable bonds is 3. The smallest absolute Gasteiger partial charge is 0.0633 e. The van der Waals surface area contributed by atoms with E-state index in [1.807, 2.05) is 0 Å². The Balaban J connectivity index is 2.09. The quantitative estimate of drug-likeness (QED) is 0.821. The third kappa shape index (κ3) is 2.77. The SMILES string of the molecule is Cc1nn(CCN2CCCC2)c(C)c1C(C)(C)C. The second-order valence-electron chi connectivity index (χ2n) is 6.57. The Morgan fingerprint density at radius 3 is 2.17 bits per heavy atom. The molecule has 18 heavy (non-hydrogen) atoms. The van der Waals surface area contributed by atoms with Gasteiger partial charge in [-0.3, -0.25) is 4.68 Å². The number of hydrogen-bond donors (Lipinski definition) is 0. The molecule has 2 heterocycles. The van der Waals surface area contributed by atoms with Crippen LogP contribution in [-0.2, 0) is 12.0 Å². The van der Waals surface area contributed by atoms with E-state index in [1.54, 1.807) is 0 Å². The zero-order chi connectivity index (χ0) is 13.3. The second kappa shape index (κ2) is 5.04. The van der Waals surface area contributed by atoms with Gasteiger partial charge in [-0.2, -0.15) is 5.10 Å². The number of nitrogens with zero attached hydrogens (tertiary/aromatic N) is 3. The lowest BCUT2D eigenvalue weighted by Crippen LogP contribution is -2.25. The van der Waals surface area contributed by atoms with E-state index in [0.717, 1.165) is 13.1 Å². The Kier molecular flexibility index (Phi) is 3.81. The highest BCUT2D eigenvalue weighted by Gasteiger charge is 2.23. The molecule has 0 spiro atoms. The van der Waals surface area contributed by atoms with Crippen LogP contribution in [0.3, 0.4) is 0 Å². The summed E-state index contributed by atoms with van der Waals surface area (Å²) >= 11 is 0. The molecule has 1 aliphatic heterocycles. The molecule has 1 saturated heterocycles. The summed E-state index contributed by atoms with van der Waals surface area (Å²) < 4.78 is 2.20. The molecular weight excluding hydrogens is 222 g/mol. The predicted molar refractivity (Wildman–Crippen MR) is 76.1 cm³/mol. The van der Waals surface area contributed by atoms with Gasteiger partial charge in [0.15, 0.2) is 0 Å². The van der Waals surface area contributed by atoms with Crippen molar-refractivity contribution in [3.63, 3.8) is 0 Å². The van der Waals surface area contributed by atoms with E-state index in [0.29, 0.717) is 0 Å². The van der Waals surface area contributed by atoms with Crippen LogP contribution in [0.4, 0.5) is 0 Å². The average Bonchev–Trinajstić information content (AvgIpc) is 2.82. The van der Waals surface area contributed by atoms with Gasteiger partial charge in [-0.25, -0.2) is 0 Å². The van der Waals surface area contributed by atoms with Gasteiger partial charge in [-0.1, -0.05) is 20.8 Å². The molecule has 1 aromatic heterocycles. The summed E-state index contributed by atoms with van der Waals surface area (Å²) in [7, 11) is 0. The van der Waals surface area contributed by atoms with E-state index in [2.05, 4.69) is 44.2 Å². The zero-order valence-corrected chi connectivity index (χ0v) is 12.6. The summed E-state index contributed by atoms with van der Waals surface area (Å²) in [6.07, 6.45) is 2.73. The average molecular weight is 249 g/mol. The number of likely N-dealkylation sites (tertiary alicyclic amines) is 1. The number of aromatic nitrogens is 2. The molecule has 0 aromatic carbocycles. The monoisotopic (exact) mass is 249 g/mol. The van der Waals surface area contributed by atoms with Crippen molar-refractivity contribution in [1.82, 2.24) is 14.7 Å². The summed E-state index contributed by atoms with van der Waals surface area (Å²) in [4.78, 5) is 2.55. The van der Waals surface area contributed by atoms with Crippen LogP contribution in [0, 0.1) is 13.8 Å². The van der Waals surface area contributed by atoms with Crippen molar-refractivity contribution in [2.24, 2.45) is 0 Å². The molecule has 3 heteroatoms. The van der Waals surface area contributed by atoms with E-state index in [9.17, 15) is 0 Å². The normalized spacial score (nSPS) is 17.6. The molecule has 1 aromatic rings. The molecule has 0 atom stereocenters. The minimum atomic E-state index is 0.195. The lowest BCUT2D eigenvalue weighted by atomic mass is 9.85. The summed E-state index contributed by atoms with van der Waals surface area (Å²) in [5, 5.41) is 4.73. The van der Waals surface area contributed by atoms with Crippen molar-refractivity contribution in [3.05, 3.63) is 17.0 Å². The molecule has 2 rings (SSSR count). The van der Waals surface area contributed by atoms with E-state index in [4.69, 9.17) is 5.10 Å². The zero-order valence-electron chi connectivity index (χ0n) is 12.6. The Bertz CT molecular complexity index is 406. The van der Waals surface area contributed by atoms with Crippen LogP contribution in [0.15, 0.2) is 0 Å². The fraction of sp³-hybridized carbons (Fsp3) is 0.800. The molecule has 0 unspecified atom stereocenters. The Hall–Kier alpha value is -0.830. The largest absolute Gasteiger partial charge is 0.301 e. The Labute approximate surface area is 111 Å². The van der Waals surface area contributed by atoms with Crippen LogP contribution < -0.4 is 0 Å². The first-order chi connectivity index (χ1) is 8.39. The first kappa shape index (κ1) is 13.6. The third-order valence-corrected chi connectivity index (χ3v) is 3.96. The van der Waals surface area contributed by atoms with Crippen molar-refractivity contribution in [1.29, 1.82) is 0 Å². The minimum absolute atomic E-state index is 0.195. The van der Waals surface area contributed by atoms with Crippen LogP contribution in [0.25, 0.3) is 0 Å². The molecular formula is C15H27N3. The minimum Gasteiger partial charge on any atom is -0.301 e. The van der Waals surface area contributed by atoms with E-state index in [1.165, 1.54) is 42.9 Å². The van der Waals surface area contributed by atoms with Crippen LogP contribution in [0.5, 0.6) is 0 Å². The van der Waals surface area contributed by atoms with Gasteiger partial charge in [-0.15, -0.1) is 0 Å². The summed E-state index contributed by atoms with van der Waals surface area (Å²) in [5.74, 6) is 0. The van der Waals surface area contributed by atoms with Crippen molar-refractivity contribution in [2.45, 2.75) is 59.4 Å². The van der Waals surface area contributed by atoms with Gasteiger partial charge in [0.1, 0.15) is 0 Å². The third-order valence-electron chi connectivity index (χ3n) is 3.96. The maximum atomic E-state index is 4.73. The van der Waals surface area contributed by atoms with Gasteiger partial charge in [0, 0.05) is 17.8 Å². The summed E-state index contributed by atoms with van der Waals surface area (Å²) in [6.45, 7) is 15.9. The van der Waals surface area contributed by atoms with Crippen LogP contribution >= 0.6 is 0 Å². The highest BCUT2D eigenvalue weighted by Crippen LogP contribution is 2.28. The van der Waals surface area contributed by atoms with Crippen molar-refractivity contribution in [2.75, 3.05) is 19.6 Å². The van der Waals surface area contributed by atoms with Crippen LogP contribution in [-0.4, -0.2) is 34.3 Å². The predicted octanol–water partition coefficient (Wildman–Crippen LogP) is 2.89. The molecule has 102 valence electrons. The molecule has 0 bridgehead atoms. The standard InChI is InChI=1S/C15H27N3/c1-12-14(15(3,4)5)13(2)18(16-12)11-10-17-8-6-7-9-17/h6-11H2,1-5H3. The van der Waals surface area contributed by atoms with E-state index < -0.39 is 0 Å². The van der Waals surface area contributed by atoms with Gasteiger partial charge in [-0.05, 0) is 45.2 Å². The lowest BCUT2D eigenvalue weighted by Gasteiger charge is -2.20. The maximum Gasteiger partial charge on any atom is 0.0633 e. The van der Waals surface area contributed by atoms with E-state index >= 15 is 0 Å². The van der Waals surface area contributed by atoms with Crippen LogP contribution in [0.2, 0.25) is 0 Å². The van der Waals surface area contributed by atoms with Gasteiger partial charge in [0.2, 0.25) is 0 Å². The van der Waals surface area contributed by atoms with Gasteiger partial charge < -0.3 is 4.90 Å². The number of hydrogen-bond acceptors (Lipinski definition) is 2.